The van der Waals surface area contributed by atoms with E-state index in [1.54, 1.807) is 34.3 Å². The number of thiocarbonyl (C=S) groups is 2. The standard InChI is InChI=1S/C10H16N2O2S.C10H14N2O2S.C8H12BNOS.C8H10BNOS.CH4/c2*1-6(2)5-7-8(13)11(3)10(15)12(4)9(7)14;2*1-5(2)4-7-8(11)10(9)6(3)12-7;/h6-7H,5H2,1-4H3;5-6H,1-4H3;5,7H,3-4H2,1-2H3;4-5H,3H2,1-2H3;1H4/b;;;7-4+;. The molecule has 0 saturated carbocycles. The molecule has 1 aromatic rings. The van der Waals surface area contributed by atoms with Gasteiger partial charge in [0.25, 0.3) is 17.4 Å². The highest BCUT2D eigenvalue weighted by Crippen LogP contribution is 2.35. The fourth-order valence-corrected chi connectivity index (χ4v) is 7.51. The van der Waals surface area contributed by atoms with Gasteiger partial charge >= 0.3 is 0 Å². The lowest BCUT2D eigenvalue weighted by Gasteiger charge is -2.35. The average molecular weight is 831 g/mol. The third-order valence-electron chi connectivity index (χ3n) is 7.84. The van der Waals surface area contributed by atoms with E-state index in [2.05, 4.69) is 27.0 Å². The Morgan fingerprint density at radius 2 is 1.11 bits per heavy atom. The Morgan fingerprint density at radius 3 is 1.44 bits per heavy atom. The summed E-state index contributed by atoms with van der Waals surface area (Å²) in [7, 11) is 17.2. The summed E-state index contributed by atoms with van der Waals surface area (Å²) < 4.78 is 2.35. The largest absolute Gasteiger partial charge is 0.364 e. The second-order valence-electron chi connectivity index (χ2n) is 14.4. The number of thiazole rings is 1. The van der Waals surface area contributed by atoms with Gasteiger partial charge in [0, 0.05) is 28.2 Å². The summed E-state index contributed by atoms with van der Waals surface area (Å²) in [6.07, 6.45) is 5.01. The monoisotopic (exact) mass is 830 g/mol. The summed E-state index contributed by atoms with van der Waals surface area (Å²) in [5.41, 5.74) is 0.0438. The van der Waals surface area contributed by atoms with E-state index in [-0.39, 0.29) is 69.5 Å². The summed E-state index contributed by atoms with van der Waals surface area (Å²) in [4.78, 5) is 76.3. The van der Waals surface area contributed by atoms with Crippen LogP contribution in [0, 0.1) is 29.6 Å². The van der Waals surface area contributed by atoms with Gasteiger partial charge in [-0.2, -0.15) is 0 Å². The SMILES string of the molecule is C.CC(C)C=C1C(=O)N(C)C(=S)N(C)C1=O.CC(C)CC1C(=O)N(C)C(=S)N(C)C1=O.[B]N1C(=C)SC(CC(C)C)C1=O.[B]n1c(=C)s/c(=C/C(C)C)c1=O. The minimum Gasteiger partial charge on any atom is -0.364 e. The molecule has 4 heterocycles. The summed E-state index contributed by atoms with van der Waals surface area (Å²) in [5, 5.41) is 1.17. The van der Waals surface area contributed by atoms with Gasteiger partial charge in [-0.3, -0.25) is 48.4 Å². The molecule has 1 atom stereocenters. The van der Waals surface area contributed by atoms with Crippen LogP contribution in [-0.2, 0) is 24.0 Å². The predicted octanol–water partition coefficient (Wildman–Crippen LogP) is 3.50. The molecule has 5 amide bonds. The fourth-order valence-electron chi connectivity index (χ4n) is 4.97. The van der Waals surface area contributed by atoms with Gasteiger partial charge in [-0.1, -0.05) is 99.9 Å². The molecule has 55 heavy (non-hydrogen) atoms. The predicted molar refractivity (Wildman–Crippen MR) is 235 cm³/mol. The Labute approximate surface area is 348 Å². The number of carbonyl (C=O) groups is 5. The number of amides is 5. The second-order valence-corrected chi connectivity index (χ2v) is 17.5. The Kier molecular flexibility index (Phi) is 21.1. The van der Waals surface area contributed by atoms with Crippen molar-refractivity contribution in [3.63, 3.8) is 0 Å². The highest BCUT2D eigenvalue weighted by molar-refractivity contribution is 8.04. The van der Waals surface area contributed by atoms with Crippen LogP contribution in [0.2, 0.25) is 0 Å². The number of allylic oxidation sites excluding steroid dienone is 1. The maximum absolute atomic E-state index is 11.8. The van der Waals surface area contributed by atoms with Gasteiger partial charge in [-0.25, -0.2) is 0 Å². The van der Waals surface area contributed by atoms with E-state index < -0.39 is 5.92 Å². The number of carbonyl (C=O) groups excluding carboxylic acids is 5. The van der Waals surface area contributed by atoms with Crippen molar-refractivity contribution >= 4 is 116 Å². The van der Waals surface area contributed by atoms with E-state index in [1.165, 1.54) is 42.7 Å². The van der Waals surface area contributed by atoms with E-state index in [1.807, 2.05) is 47.6 Å². The lowest BCUT2D eigenvalue weighted by atomic mass is 9.93. The Morgan fingerprint density at radius 1 is 0.691 bits per heavy atom. The molecule has 3 aliphatic heterocycles. The number of aromatic nitrogens is 1. The number of rotatable bonds is 6. The molecule has 0 bridgehead atoms. The molecular weight excluding hydrogens is 774 g/mol. The van der Waals surface area contributed by atoms with Crippen LogP contribution in [0.3, 0.4) is 0 Å². The van der Waals surface area contributed by atoms with Crippen molar-refractivity contribution in [2.75, 3.05) is 28.2 Å². The smallest absolute Gasteiger partial charge is 0.265 e. The van der Waals surface area contributed by atoms with Crippen LogP contribution in [0.1, 0.15) is 75.7 Å². The molecule has 1 aromatic heterocycles. The molecule has 12 nitrogen and oxygen atoms in total. The van der Waals surface area contributed by atoms with Crippen LogP contribution in [0.15, 0.2) is 28.1 Å². The first-order chi connectivity index (χ1) is 24.8. The molecule has 0 aromatic carbocycles. The number of hydrogen-bond donors (Lipinski definition) is 0. The summed E-state index contributed by atoms with van der Waals surface area (Å²) in [6, 6.07) is 0. The van der Waals surface area contributed by atoms with Gasteiger partial charge in [-0.05, 0) is 60.9 Å². The molecule has 1 unspecified atom stereocenters. The molecular formula is C37H56B2N6O6S4. The third-order valence-corrected chi connectivity index (χ3v) is 11.0. The highest BCUT2D eigenvalue weighted by Gasteiger charge is 2.40. The minimum atomic E-state index is -0.563. The molecule has 18 heteroatoms. The number of nitrogens with zero attached hydrogens (tertiary/aromatic N) is 6. The molecule has 3 saturated heterocycles. The first-order valence-electron chi connectivity index (χ1n) is 17.3. The fraction of sp³-hybridized carbons (Fsp3) is 0.568. The van der Waals surface area contributed by atoms with Crippen molar-refractivity contribution in [2.45, 2.75) is 80.9 Å². The van der Waals surface area contributed by atoms with Crippen LogP contribution < -0.4 is 14.8 Å². The highest BCUT2D eigenvalue weighted by atomic mass is 32.2. The van der Waals surface area contributed by atoms with Crippen LogP contribution in [0.25, 0.3) is 12.7 Å². The van der Waals surface area contributed by atoms with Crippen molar-refractivity contribution < 1.29 is 24.0 Å². The topological polar surface area (TPSA) is 124 Å². The number of likely N-dealkylation sites (N-methyl/N-ethyl adjacent to an activating group) is 2. The van der Waals surface area contributed by atoms with E-state index >= 15 is 0 Å². The summed E-state index contributed by atoms with van der Waals surface area (Å²) >= 11 is 12.7. The van der Waals surface area contributed by atoms with E-state index in [0.717, 1.165) is 15.7 Å². The first-order valence-corrected chi connectivity index (χ1v) is 19.8. The van der Waals surface area contributed by atoms with Crippen LogP contribution in [0.4, 0.5) is 0 Å². The Hall–Kier alpha value is -3.34. The average Bonchev–Trinajstić information content (AvgIpc) is 3.47. The third kappa shape index (κ3) is 14.0. The van der Waals surface area contributed by atoms with Gasteiger partial charge in [0.1, 0.15) is 11.5 Å². The molecule has 0 N–H and O–H groups in total. The Balaban J connectivity index is 0.000000706. The maximum atomic E-state index is 11.8. The maximum Gasteiger partial charge on any atom is 0.265 e. The van der Waals surface area contributed by atoms with Crippen molar-refractivity contribution in [1.29, 1.82) is 0 Å². The van der Waals surface area contributed by atoms with Gasteiger partial charge in [0.2, 0.25) is 33.7 Å². The lowest BCUT2D eigenvalue weighted by molar-refractivity contribution is -0.146. The van der Waals surface area contributed by atoms with Crippen molar-refractivity contribution in [3.05, 3.63) is 42.8 Å². The zero-order valence-electron chi connectivity index (χ0n) is 33.4. The molecule has 4 radical (unpaired) electrons. The van der Waals surface area contributed by atoms with Gasteiger partial charge in [0.15, 0.2) is 10.2 Å². The Bertz CT molecular complexity index is 1790. The van der Waals surface area contributed by atoms with Crippen LogP contribution in [0.5, 0.6) is 0 Å². The van der Waals surface area contributed by atoms with Gasteiger partial charge in [0.05, 0.1) is 19.5 Å². The normalized spacial score (nSPS) is 18.3. The number of thioether (sulfide) groups is 1. The minimum absolute atomic E-state index is 0. The molecule has 3 aliphatic rings. The summed E-state index contributed by atoms with van der Waals surface area (Å²) in [6.45, 7) is 23.4. The van der Waals surface area contributed by atoms with Crippen LogP contribution >= 0.6 is 47.5 Å². The lowest BCUT2D eigenvalue weighted by Crippen LogP contribution is -2.56. The van der Waals surface area contributed by atoms with E-state index in [9.17, 15) is 28.8 Å². The molecule has 4 rings (SSSR count). The second kappa shape index (κ2) is 22.4. The number of hydrogen-bond acceptors (Lipinski definition) is 10. The quantitative estimate of drug-likeness (QED) is 0.140. The first kappa shape index (κ1) is 51.7. The van der Waals surface area contributed by atoms with Crippen molar-refractivity contribution in [1.82, 2.24) is 28.9 Å². The van der Waals surface area contributed by atoms with Crippen LogP contribution in [-0.4, -0.2) is 118 Å². The van der Waals surface area contributed by atoms with Crippen molar-refractivity contribution in [3.8, 4) is 0 Å². The zero-order valence-corrected chi connectivity index (χ0v) is 36.6. The van der Waals surface area contributed by atoms with Crippen molar-refractivity contribution in [2.24, 2.45) is 29.6 Å². The summed E-state index contributed by atoms with van der Waals surface area (Å²) in [5.74, 6) is -0.244. The molecule has 0 aliphatic carbocycles. The zero-order chi connectivity index (χ0) is 42.1. The molecule has 300 valence electrons. The van der Waals surface area contributed by atoms with Gasteiger partial charge < -0.3 is 9.29 Å². The van der Waals surface area contributed by atoms with Gasteiger partial charge in [-0.15, -0.1) is 11.3 Å². The molecule has 0 spiro atoms. The van der Waals surface area contributed by atoms with E-state index in [4.69, 9.17) is 40.4 Å². The molecule has 3 fully saturated rings. The van der Waals surface area contributed by atoms with E-state index in [0.29, 0.717) is 38.4 Å².